The zero-order valence-corrected chi connectivity index (χ0v) is 20.8. The molecule has 5 atom stereocenters. The Morgan fingerprint density at radius 1 is 1.32 bits per heavy atom. The number of oxime groups is 1. The number of carbonyl (C=O) groups excluding carboxylic acids is 1. The molecule has 5 nitrogen and oxygen atoms in total. The van der Waals surface area contributed by atoms with Gasteiger partial charge in [0.25, 0.3) is 0 Å². The summed E-state index contributed by atoms with van der Waals surface area (Å²) in [6, 6.07) is 10.2. The number of nitrogens with zero attached hydrogens (tertiary/aromatic N) is 2. The molecular weight excluding hydrogens is 446 g/mol. The van der Waals surface area contributed by atoms with E-state index in [2.05, 4.69) is 34.5 Å². The van der Waals surface area contributed by atoms with Gasteiger partial charge in [-0.3, -0.25) is 4.79 Å². The maximum Gasteiger partial charge on any atom is 0.225 e. The molecule has 2 saturated carbocycles. The number of carbonyl (C=O) groups is 1. The van der Waals surface area contributed by atoms with Crippen LogP contribution in [-0.4, -0.2) is 21.8 Å². The number of pyridine rings is 1. The average molecular weight is 480 g/mol. The van der Waals surface area contributed by atoms with Gasteiger partial charge < -0.3 is 10.5 Å². The maximum atomic E-state index is 12.6. The van der Waals surface area contributed by atoms with E-state index in [1.807, 2.05) is 25.1 Å². The fourth-order valence-electron chi connectivity index (χ4n) is 7.39. The number of aryl methyl sites for hydroxylation is 2. The van der Waals surface area contributed by atoms with Gasteiger partial charge >= 0.3 is 0 Å². The molecule has 1 aromatic heterocycles. The summed E-state index contributed by atoms with van der Waals surface area (Å²) < 4.78 is 0. The Morgan fingerprint density at radius 2 is 2.18 bits per heavy atom. The third kappa shape index (κ3) is 4.13. The van der Waals surface area contributed by atoms with E-state index in [4.69, 9.17) is 11.6 Å². The lowest BCUT2D eigenvalue weighted by molar-refractivity contribution is -0.116. The Morgan fingerprint density at radius 3 is 2.97 bits per heavy atom. The first-order chi connectivity index (χ1) is 16.4. The van der Waals surface area contributed by atoms with Crippen molar-refractivity contribution in [3.05, 3.63) is 58.2 Å². The van der Waals surface area contributed by atoms with E-state index in [1.54, 1.807) is 6.20 Å². The first-order valence-corrected chi connectivity index (χ1v) is 13.0. The van der Waals surface area contributed by atoms with Crippen LogP contribution in [0.4, 0.5) is 5.82 Å². The Kier molecular flexibility index (Phi) is 6.41. The van der Waals surface area contributed by atoms with Gasteiger partial charge in [0.15, 0.2) is 0 Å². The highest BCUT2D eigenvalue weighted by molar-refractivity contribution is 6.30. The summed E-state index contributed by atoms with van der Waals surface area (Å²) in [6.45, 7) is 4.27. The van der Waals surface area contributed by atoms with Gasteiger partial charge in [-0.15, -0.1) is 0 Å². The number of aromatic nitrogens is 1. The molecule has 3 aliphatic rings. The first-order valence-electron chi connectivity index (χ1n) is 12.6. The van der Waals surface area contributed by atoms with E-state index in [1.165, 1.54) is 11.1 Å². The van der Waals surface area contributed by atoms with Crippen LogP contribution in [0.3, 0.4) is 0 Å². The summed E-state index contributed by atoms with van der Waals surface area (Å²) in [5, 5.41) is 17.5. The second kappa shape index (κ2) is 9.33. The topological polar surface area (TPSA) is 74.6 Å². The van der Waals surface area contributed by atoms with Crippen LogP contribution in [0.15, 0.2) is 41.7 Å². The van der Waals surface area contributed by atoms with Crippen LogP contribution in [-0.2, 0) is 11.2 Å². The van der Waals surface area contributed by atoms with Gasteiger partial charge in [0.1, 0.15) is 5.82 Å². The van der Waals surface area contributed by atoms with Gasteiger partial charge in [0, 0.05) is 23.1 Å². The smallest absolute Gasteiger partial charge is 0.225 e. The normalized spacial score (nSPS) is 31.0. The molecule has 180 valence electrons. The molecule has 1 heterocycles. The quantitative estimate of drug-likeness (QED) is 0.367. The molecule has 6 heteroatoms. The van der Waals surface area contributed by atoms with E-state index in [0.29, 0.717) is 35.9 Å². The van der Waals surface area contributed by atoms with E-state index in [9.17, 15) is 10.0 Å². The summed E-state index contributed by atoms with van der Waals surface area (Å²) in [7, 11) is 0. The summed E-state index contributed by atoms with van der Waals surface area (Å²) in [4.78, 5) is 16.8. The fourth-order valence-corrected chi connectivity index (χ4v) is 7.58. The zero-order valence-electron chi connectivity index (χ0n) is 20.1. The van der Waals surface area contributed by atoms with E-state index < -0.39 is 0 Å². The lowest BCUT2D eigenvalue weighted by Crippen LogP contribution is -2.44. The fraction of sp³-hybridized carbons (Fsp3) is 0.536. The molecule has 1 aromatic carbocycles. The highest BCUT2D eigenvalue weighted by Gasteiger charge is 2.57. The highest BCUT2D eigenvalue weighted by Crippen LogP contribution is 2.62. The van der Waals surface area contributed by atoms with Crippen molar-refractivity contribution in [1.29, 1.82) is 0 Å². The minimum atomic E-state index is -0.0438. The van der Waals surface area contributed by atoms with Gasteiger partial charge in [0.2, 0.25) is 5.91 Å². The second-order valence-corrected chi connectivity index (χ2v) is 11.2. The highest BCUT2D eigenvalue weighted by atomic mass is 35.5. The SMILES string of the molecule is Cc1cccnc1NC(=O)CCC[C@@H]1C/C(=N\O)[C@@]2(C)CCC3c4ccc(Cl)cc4CCC3C12. The number of hydrogen-bond donors (Lipinski definition) is 2. The molecule has 0 radical (unpaired) electrons. The number of halogens is 1. The van der Waals surface area contributed by atoms with Crippen molar-refractivity contribution < 1.29 is 10.0 Å². The number of hydrogen-bond acceptors (Lipinski definition) is 4. The van der Waals surface area contributed by atoms with Crippen LogP contribution in [0.25, 0.3) is 0 Å². The van der Waals surface area contributed by atoms with Crippen LogP contribution in [0, 0.1) is 30.1 Å². The summed E-state index contributed by atoms with van der Waals surface area (Å²) >= 11 is 6.29. The number of rotatable bonds is 5. The monoisotopic (exact) mass is 479 g/mol. The maximum absolute atomic E-state index is 12.6. The minimum absolute atomic E-state index is 0.0172. The molecule has 0 bridgehead atoms. The van der Waals surface area contributed by atoms with Crippen molar-refractivity contribution in [3.63, 3.8) is 0 Å². The molecule has 0 spiro atoms. The third-order valence-electron chi connectivity index (χ3n) is 8.93. The molecule has 2 aromatic rings. The van der Waals surface area contributed by atoms with Gasteiger partial charge in [-0.25, -0.2) is 4.98 Å². The molecule has 0 saturated heterocycles. The van der Waals surface area contributed by atoms with Crippen LogP contribution in [0.2, 0.25) is 5.02 Å². The van der Waals surface area contributed by atoms with E-state index in [-0.39, 0.29) is 11.3 Å². The lowest BCUT2D eigenvalue weighted by atomic mass is 9.54. The molecule has 2 fully saturated rings. The Hall–Kier alpha value is -2.40. The largest absolute Gasteiger partial charge is 0.411 e. The Balaban J connectivity index is 1.30. The van der Waals surface area contributed by atoms with Crippen molar-refractivity contribution in [3.8, 4) is 0 Å². The van der Waals surface area contributed by atoms with Crippen LogP contribution in [0.5, 0.6) is 0 Å². The predicted molar refractivity (Wildman–Crippen MR) is 136 cm³/mol. The second-order valence-electron chi connectivity index (χ2n) is 10.8. The first kappa shape index (κ1) is 23.3. The zero-order chi connectivity index (χ0) is 23.9. The summed E-state index contributed by atoms with van der Waals surface area (Å²) in [5.41, 5.74) is 4.78. The average Bonchev–Trinajstić information content (AvgIpc) is 3.11. The van der Waals surface area contributed by atoms with Crippen molar-refractivity contribution in [2.45, 2.75) is 71.1 Å². The summed E-state index contributed by atoms with van der Waals surface area (Å²) in [5.74, 6) is 2.73. The molecule has 34 heavy (non-hydrogen) atoms. The third-order valence-corrected chi connectivity index (χ3v) is 9.16. The number of nitrogens with one attached hydrogen (secondary N) is 1. The van der Waals surface area contributed by atoms with Crippen molar-refractivity contribution in [1.82, 2.24) is 4.98 Å². The standard InChI is InChI=1S/C28H34ClN3O2/c1-17-5-4-14-30-27(17)31-25(33)7-3-6-19-16-24(32-34)28(2)13-12-22-21-11-9-20(29)15-18(21)8-10-23(22)26(19)28/h4-5,9,11,14-15,19,22-23,26,34H,3,6-8,10,12-13,16H2,1-2H3,(H,30,31,33)/b32-24+/t19-,22?,23?,26?,28-/m1/s1. The van der Waals surface area contributed by atoms with Crippen LogP contribution < -0.4 is 5.32 Å². The molecule has 3 unspecified atom stereocenters. The number of benzene rings is 1. The van der Waals surface area contributed by atoms with Crippen molar-refractivity contribution >= 4 is 29.0 Å². The molecular formula is C28H34ClN3O2. The van der Waals surface area contributed by atoms with Crippen LogP contribution in [0.1, 0.15) is 74.5 Å². The number of anilines is 1. The molecule has 0 aliphatic heterocycles. The Labute approximate surface area is 207 Å². The number of amides is 1. The molecule has 5 rings (SSSR count). The lowest BCUT2D eigenvalue weighted by Gasteiger charge is -2.50. The van der Waals surface area contributed by atoms with Gasteiger partial charge in [-0.2, -0.15) is 0 Å². The van der Waals surface area contributed by atoms with Gasteiger partial charge in [0.05, 0.1) is 5.71 Å². The Bertz CT molecular complexity index is 1120. The minimum Gasteiger partial charge on any atom is -0.411 e. The molecule has 2 N–H and O–H groups in total. The van der Waals surface area contributed by atoms with E-state index in [0.717, 1.165) is 61.2 Å². The van der Waals surface area contributed by atoms with E-state index >= 15 is 0 Å². The van der Waals surface area contributed by atoms with Crippen LogP contribution >= 0.6 is 11.6 Å². The van der Waals surface area contributed by atoms with Crippen molar-refractivity contribution in [2.75, 3.05) is 5.32 Å². The van der Waals surface area contributed by atoms with Gasteiger partial charge in [-0.05, 0) is 110 Å². The molecule has 1 amide bonds. The summed E-state index contributed by atoms with van der Waals surface area (Å²) in [6.07, 6.45) is 9.24. The van der Waals surface area contributed by atoms with Crippen molar-refractivity contribution in [2.24, 2.45) is 28.3 Å². The predicted octanol–water partition coefficient (Wildman–Crippen LogP) is 6.76. The molecule has 3 aliphatic carbocycles. The number of fused-ring (bicyclic) bond motifs is 5. The van der Waals surface area contributed by atoms with Gasteiger partial charge in [-0.1, -0.05) is 35.8 Å².